The van der Waals surface area contributed by atoms with Crippen molar-refractivity contribution >= 4 is 0 Å². The van der Waals surface area contributed by atoms with E-state index in [2.05, 4.69) is 15.5 Å². The van der Waals surface area contributed by atoms with Gasteiger partial charge in [0.15, 0.2) is 5.82 Å². The van der Waals surface area contributed by atoms with Crippen LogP contribution in [0.4, 0.5) is 0 Å². The van der Waals surface area contributed by atoms with Crippen LogP contribution in [0, 0.1) is 0 Å². The molecule has 0 radical (unpaired) electrons. The minimum atomic E-state index is 0.411. The van der Waals surface area contributed by atoms with Crippen molar-refractivity contribution in [2.24, 2.45) is 0 Å². The summed E-state index contributed by atoms with van der Waals surface area (Å²) >= 11 is 0. The summed E-state index contributed by atoms with van der Waals surface area (Å²) in [6.07, 6.45) is 1.09. The number of hydrogen-bond acceptors (Lipinski definition) is 5. The van der Waals surface area contributed by atoms with Gasteiger partial charge in [-0.05, 0) is 19.9 Å². The second-order valence-corrected chi connectivity index (χ2v) is 3.37. The van der Waals surface area contributed by atoms with Crippen molar-refractivity contribution in [1.29, 1.82) is 0 Å². The van der Waals surface area contributed by atoms with Crippen LogP contribution < -0.4 is 5.32 Å². The van der Waals surface area contributed by atoms with Gasteiger partial charge in [0.2, 0.25) is 0 Å². The highest BCUT2D eigenvalue weighted by Gasteiger charge is 2.21. The summed E-state index contributed by atoms with van der Waals surface area (Å²) in [6, 6.07) is 0. The summed E-state index contributed by atoms with van der Waals surface area (Å²) in [5, 5.41) is 7.22. The van der Waals surface area contributed by atoms with E-state index in [1.54, 1.807) is 0 Å². The highest BCUT2D eigenvalue weighted by atomic mass is 16.5. The largest absolute Gasteiger partial charge is 0.372 e. The molecule has 14 heavy (non-hydrogen) atoms. The van der Waals surface area contributed by atoms with Crippen molar-refractivity contribution in [2.75, 3.05) is 19.7 Å². The molecule has 1 atom stereocenters. The minimum Gasteiger partial charge on any atom is -0.372 e. The molecular weight excluding hydrogens is 182 g/mol. The Kier molecular flexibility index (Phi) is 3.10. The Morgan fingerprint density at radius 3 is 3.29 bits per heavy atom. The number of nitrogens with one attached hydrogen (secondary N) is 1. The standard InChI is InChI=1S/C9H15N3O2/c1-2-13-6-8-11-9(12-14-8)7-3-4-10-5-7/h7,10H,2-6H2,1H3. The van der Waals surface area contributed by atoms with Gasteiger partial charge in [-0.25, -0.2) is 0 Å². The Balaban J connectivity index is 1.94. The molecule has 78 valence electrons. The fraction of sp³-hybridized carbons (Fsp3) is 0.778. The maximum Gasteiger partial charge on any atom is 0.252 e. The molecule has 0 aliphatic carbocycles. The molecule has 0 bridgehead atoms. The van der Waals surface area contributed by atoms with Gasteiger partial charge in [-0.1, -0.05) is 5.16 Å². The molecule has 1 saturated heterocycles. The SMILES string of the molecule is CCOCc1nc(C2CCNC2)no1. The van der Waals surface area contributed by atoms with Crippen LogP contribution in [0.2, 0.25) is 0 Å². The Morgan fingerprint density at radius 2 is 2.57 bits per heavy atom. The maximum atomic E-state index is 5.18. The zero-order chi connectivity index (χ0) is 9.80. The number of rotatable bonds is 4. The summed E-state index contributed by atoms with van der Waals surface area (Å²) in [4.78, 5) is 4.29. The van der Waals surface area contributed by atoms with E-state index in [-0.39, 0.29) is 0 Å². The second-order valence-electron chi connectivity index (χ2n) is 3.37. The van der Waals surface area contributed by atoms with Crippen molar-refractivity contribution in [1.82, 2.24) is 15.5 Å². The van der Waals surface area contributed by atoms with Crippen LogP contribution >= 0.6 is 0 Å². The van der Waals surface area contributed by atoms with E-state index in [0.717, 1.165) is 25.3 Å². The van der Waals surface area contributed by atoms with Crippen LogP contribution in [0.1, 0.15) is 31.0 Å². The molecular formula is C9H15N3O2. The molecule has 5 heteroatoms. The van der Waals surface area contributed by atoms with Crippen molar-refractivity contribution in [3.63, 3.8) is 0 Å². The third-order valence-electron chi connectivity index (χ3n) is 2.34. The first-order chi connectivity index (χ1) is 6.90. The average Bonchev–Trinajstić information content (AvgIpc) is 2.85. The molecule has 0 amide bonds. The molecule has 1 N–H and O–H groups in total. The average molecular weight is 197 g/mol. The Hall–Kier alpha value is -0.940. The highest BCUT2D eigenvalue weighted by Crippen LogP contribution is 2.19. The fourth-order valence-corrected chi connectivity index (χ4v) is 1.56. The number of ether oxygens (including phenoxy) is 1. The minimum absolute atomic E-state index is 0.411. The monoisotopic (exact) mass is 197 g/mol. The van der Waals surface area contributed by atoms with Crippen molar-refractivity contribution in [3.8, 4) is 0 Å². The van der Waals surface area contributed by atoms with E-state index >= 15 is 0 Å². The van der Waals surface area contributed by atoms with Crippen molar-refractivity contribution in [3.05, 3.63) is 11.7 Å². The number of aromatic nitrogens is 2. The number of hydrogen-bond donors (Lipinski definition) is 1. The van der Waals surface area contributed by atoms with Gasteiger partial charge in [0.1, 0.15) is 6.61 Å². The van der Waals surface area contributed by atoms with E-state index in [1.807, 2.05) is 6.92 Å². The molecule has 2 rings (SSSR count). The zero-order valence-electron chi connectivity index (χ0n) is 8.32. The predicted molar refractivity (Wildman–Crippen MR) is 49.9 cm³/mol. The molecule has 1 aliphatic heterocycles. The molecule has 0 aromatic carbocycles. The second kappa shape index (κ2) is 4.52. The lowest BCUT2D eigenvalue weighted by Gasteiger charge is -1.98. The van der Waals surface area contributed by atoms with Gasteiger partial charge >= 0.3 is 0 Å². The Labute approximate surface area is 82.8 Å². The van der Waals surface area contributed by atoms with Gasteiger partial charge in [0.05, 0.1) is 0 Å². The molecule has 1 aliphatic rings. The van der Waals surface area contributed by atoms with E-state index in [9.17, 15) is 0 Å². The van der Waals surface area contributed by atoms with Crippen LogP contribution in [0.15, 0.2) is 4.52 Å². The molecule has 0 saturated carbocycles. The first-order valence-corrected chi connectivity index (χ1v) is 5.01. The van der Waals surface area contributed by atoms with E-state index in [0.29, 0.717) is 25.0 Å². The lowest BCUT2D eigenvalue weighted by Crippen LogP contribution is -2.08. The van der Waals surface area contributed by atoms with Gasteiger partial charge in [-0.3, -0.25) is 0 Å². The van der Waals surface area contributed by atoms with Gasteiger partial charge in [-0.2, -0.15) is 4.98 Å². The Morgan fingerprint density at radius 1 is 1.64 bits per heavy atom. The van der Waals surface area contributed by atoms with Crippen LogP contribution in [-0.4, -0.2) is 29.8 Å². The molecule has 2 heterocycles. The summed E-state index contributed by atoms with van der Waals surface area (Å²) in [6.45, 7) is 5.03. The van der Waals surface area contributed by atoms with Crippen LogP contribution in [0.3, 0.4) is 0 Å². The van der Waals surface area contributed by atoms with Gasteiger partial charge < -0.3 is 14.6 Å². The first kappa shape index (κ1) is 9.61. The van der Waals surface area contributed by atoms with E-state index in [1.165, 1.54) is 0 Å². The van der Waals surface area contributed by atoms with E-state index < -0.39 is 0 Å². The van der Waals surface area contributed by atoms with Gasteiger partial charge in [0.25, 0.3) is 5.89 Å². The summed E-state index contributed by atoms with van der Waals surface area (Å²) in [5.41, 5.74) is 0. The molecule has 1 unspecified atom stereocenters. The summed E-state index contributed by atoms with van der Waals surface area (Å²) in [5.74, 6) is 1.80. The normalized spacial score (nSPS) is 21.6. The summed E-state index contributed by atoms with van der Waals surface area (Å²) < 4.78 is 10.2. The highest BCUT2D eigenvalue weighted by molar-refractivity contribution is 4.99. The summed E-state index contributed by atoms with van der Waals surface area (Å²) in [7, 11) is 0. The first-order valence-electron chi connectivity index (χ1n) is 5.01. The topological polar surface area (TPSA) is 60.2 Å². The van der Waals surface area contributed by atoms with Crippen molar-refractivity contribution in [2.45, 2.75) is 25.9 Å². The van der Waals surface area contributed by atoms with Crippen LogP contribution in [-0.2, 0) is 11.3 Å². The van der Waals surface area contributed by atoms with E-state index in [4.69, 9.17) is 9.26 Å². The smallest absolute Gasteiger partial charge is 0.252 e. The van der Waals surface area contributed by atoms with Crippen molar-refractivity contribution < 1.29 is 9.26 Å². The maximum absolute atomic E-state index is 5.18. The third kappa shape index (κ3) is 2.10. The number of nitrogens with zero attached hydrogens (tertiary/aromatic N) is 2. The lowest BCUT2D eigenvalue weighted by molar-refractivity contribution is 0.109. The molecule has 1 fully saturated rings. The Bertz CT molecular complexity index is 281. The molecule has 0 spiro atoms. The van der Waals surface area contributed by atoms with Gasteiger partial charge in [0, 0.05) is 19.1 Å². The lowest BCUT2D eigenvalue weighted by atomic mass is 10.1. The van der Waals surface area contributed by atoms with Crippen LogP contribution in [0.25, 0.3) is 0 Å². The fourth-order valence-electron chi connectivity index (χ4n) is 1.56. The molecule has 5 nitrogen and oxygen atoms in total. The predicted octanol–water partition coefficient (Wildman–Crippen LogP) is 0.683. The molecule has 1 aromatic rings. The zero-order valence-corrected chi connectivity index (χ0v) is 8.32. The quantitative estimate of drug-likeness (QED) is 0.769. The van der Waals surface area contributed by atoms with Crippen LogP contribution in [0.5, 0.6) is 0 Å². The van der Waals surface area contributed by atoms with Gasteiger partial charge in [-0.15, -0.1) is 0 Å². The third-order valence-corrected chi connectivity index (χ3v) is 2.34. The molecule has 1 aromatic heterocycles.